The molecule has 0 atom stereocenters. The van der Waals surface area contributed by atoms with E-state index >= 15 is 0 Å². The van der Waals surface area contributed by atoms with E-state index < -0.39 is 20.0 Å². The molecule has 33 heavy (non-hydrogen) atoms. The van der Waals surface area contributed by atoms with Gasteiger partial charge in [0, 0.05) is 17.3 Å². The van der Waals surface area contributed by atoms with E-state index in [2.05, 4.69) is 4.72 Å². The number of nitrogens with one attached hydrogen (secondary N) is 1. The van der Waals surface area contributed by atoms with Crippen LogP contribution in [-0.4, -0.2) is 30.5 Å². The summed E-state index contributed by atoms with van der Waals surface area (Å²) in [6.45, 7) is 0.350. The summed E-state index contributed by atoms with van der Waals surface area (Å²) in [5.41, 5.74) is 2.33. The molecule has 1 aliphatic heterocycles. The first-order valence-corrected chi connectivity index (χ1v) is 13.7. The smallest absolute Gasteiger partial charge is 0.264 e. The Hall–Kier alpha value is -2.75. The third-order valence-corrected chi connectivity index (χ3v) is 8.69. The van der Waals surface area contributed by atoms with Crippen molar-refractivity contribution < 1.29 is 21.6 Å². The minimum atomic E-state index is -3.76. The summed E-state index contributed by atoms with van der Waals surface area (Å²) in [7, 11) is -5.90. The molecule has 0 radical (unpaired) electrons. The Kier molecular flexibility index (Phi) is 6.56. The number of hydrogen-bond donors (Lipinski definition) is 1. The average Bonchev–Trinajstić information content (AvgIpc) is 2.79. The van der Waals surface area contributed by atoms with Crippen molar-refractivity contribution >= 4 is 43.0 Å². The van der Waals surface area contributed by atoms with Crippen molar-refractivity contribution in [1.82, 2.24) is 0 Å². The highest BCUT2D eigenvalue weighted by atomic mass is 35.5. The number of methoxy groups -OCH3 is 1. The zero-order valence-electron chi connectivity index (χ0n) is 17.9. The molecule has 1 heterocycles. The highest BCUT2D eigenvalue weighted by Crippen LogP contribution is 2.34. The van der Waals surface area contributed by atoms with Crippen molar-refractivity contribution in [3.8, 4) is 5.75 Å². The van der Waals surface area contributed by atoms with Crippen LogP contribution in [0.4, 0.5) is 11.4 Å². The van der Waals surface area contributed by atoms with Crippen LogP contribution in [0.5, 0.6) is 5.75 Å². The van der Waals surface area contributed by atoms with E-state index in [1.54, 1.807) is 54.6 Å². The number of hydrogen-bond acceptors (Lipinski definition) is 5. The normalized spacial score (nSPS) is 13.9. The lowest BCUT2D eigenvalue weighted by molar-refractivity contribution is 0.414. The van der Waals surface area contributed by atoms with Crippen LogP contribution in [0.3, 0.4) is 0 Å². The number of rotatable bonds is 7. The first-order valence-electron chi connectivity index (χ1n) is 10.2. The Morgan fingerprint density at radius 1 is 0.970 bits per heavy atom. The van der Waals surface area contributed by atoms with Gasteiger partial charge >= 0.3 is 0 Å². The second kappa shape index (κ2) is 9.24. The number of sulfonamides is 2. The van der Waals surface area contributed by atoms with Crippen LogP contribution in [0.15, 0.2) is 71.6 Å². The highest BCUT2D eigenvalue weighted by Gasteiger charge is 2.29. The number of anilines is 2. The Bertz CT molecular complexity index is 1360. The zero-order chi connectivity index (χ0) is 23.6. The van der Waals surface area contributed by atoms with Gasteiger partial charge in [-0.1, -0.05) is 23.7 Å². The second-order valence-electron chi connectivity index (χ2n) is 7.69. The predicted molar refractivity (Wildman–Crippen MR) is 130 cm³/mol. The molecule has 0 amide bonds. The summed E-state index contributed by atoms with van der Waals surface area (Å²) in [4.78, 5) is 0.170. The van der Waals surface area contributed by atoms with E-state index in [9.17, 15) is 16.8 Å². The fraction of sp³-hybridized carbons (Fsp3) is 0.217. The van der Waals surface area contributed by atoms with Gasteiger partial charge in [0.15, 0.2) is 0 Å². The molecular formula is C23H23ClN2O5S2. The minimum Gasteiger partial charge on any atom is -0.497 e. The van der Waals surface area contributed by atoms with Gasteiger partial charge in [-0.2, -0.15) is 0 Å². The van der Waals surface area contributed by atoms with Gasteiger partial charge in [-0.25, -0.2) is 16.8 Å². The van der Waals surface area contributed by atoms with Crippen LogP contribution in [0.1, 0.15) is 17.5 Å². The number of fused-ring (bicyclic) bond motifs is 1. The maximum Gasteiger partial charge on any atom is 0.264 e. The molecule has 0 aromatic heterocycles. The van der Waals surface area contributed by atoms with Crippen LogP contribution >= 0.6 is 11.6 Å². The SMILES string of the molecule is COc1ccc(S(=O)(=O)N2CCCc3cc(NS(=O)(=O)Cc4ccc(Cl)cc4)ccc32)cc1. The van der Waals surface area contributed by atoms with Gasteiger partial charge < -0.3 is 4.74 Å². The second-order valence-corrected chi connectivity index (χ2v) is 11.7. The lowest BCUT2D eigenvalue weighted by Gasteiger charge is -2.31. The van der Waals surface area contributed by atoms with Gasteiger partial charge in [0.1, 0.15) is 5.75 Å². The molecule has 174 valence electrons. The van der Waals surface area contributed by atoms with Crippen LogP contribution < -0.4 is 13.8 Å². The molecule has 3 aromatic rings. The molecule has 4 rings (SSSR count). The van der Waals surface area contributed by atoms with E-state index in [0.717, 1.165) is 5.56 Å². The third kappa shape index (κ3) is 5.26. The number of benzene rings is 3. The fourth-order valence-corrected chi connectivity index (χ4v) is 6.62. The summed E-state index contributed by atoms with van der Waals surface area (Å²) in [6.07, 6.45) is 1.28. The molecule has 1 N–H and O–H groups in total. The van der Waals surface area contributed by atoms with Crippen molar-refractivity contribution in [2.24, 2.45) is 0 Å². The molecule has 0 aliphatic carbocycles. The van der Waals surface area contributed by atoms with Crippen molar-refractivity contribution in [2.75, 3.05) is 22.7 Å². The first kappa shape index (κ1) is 23.4. The summed E-state index contributed by atoms with van der Waals surface area (Å²) >= 11 is 5.86. The van der Waals surface area contributed by atoms with Gasteiger partial charge in [0.05, 0.1) is 23.4 Å². The largest absolute Gasteiger partial charge is 0.497 e. The minimum absolute atomic E-state index is 0.170. The van der Waals surface area contributed by atoms with Crippen molar-refractivity contribution in [2.45, 2.75) is 23.5 Å². The Balaban J connectivity index is 1.57. The van der Waals surface area contributed by atoms with E-state index in [0.29, 0.717) is 47.1 Å². The zero-order valence-corrected chi connectivity index (χ0v) is 20.3. The Morgan fingerprint density at radius 2 is 1.67 bits per heavy atom. The van der Waals surface area contributed by atoms with E-state index in [-0.39, 0.29) is 10.6 Å². The molecule has 7 nitrogen and oxygen atoms in total. The summed E-state index contributed by atoms with van der Waals surface area (Å²) < 4.78 is 60.8. The van der Waals surface area contributed by atoms with Crippen LogP contribution in [-0.2, 0) is 32.2 Å². The standard InChI is InChI=1S/C23H23ClN2O5S2/c1-31-21-9-11-22(12-10-21)33(29,30)26-14-2-3-18-15-20(8-13-23(18)26)25-32(27,28)16-17-4-6-19(24)7-5-17/h4-13,15,25H,2-3,14,16H2,1H3. The quantitative estimate of drug-likeness (QED) is 0.511. The van der Waals surface area contributed by atoms with Crippen molar-refractivity contribution in [3.63, 3.8) is 0 Å². The van der Waals surface area contributed by atoms with Crippen LogP contribution in [0.2, 0.25) is 5.02 Å². The maximum atomic E-state index is 13.3. The van der Waals surface area contributed by atoms with Gasteiger partial charge in [0.25, 0.3) is 10.0 Å². The molecule has 0 saturated heterocycles. The number of aryl methyl sites for hydroxylation is 1. The lowest BCUT2D eigenvalue weighted by atomic mass is 10.0. The summed E-state index contributed by atoms with van der Waals surface area (Å²) in [5.74, 6) is 0.377. The molecule has 1 aliphatic rings. The third-order valence-electron chi connectivity index (χ3n) is 5.35. The van der Waals surface area contributed by atoms with Gasteiger partial charge in [-0.05, 0) is 78.6 Å². The van der Waals surface area contributed by atoms with Crippen molar-refractivity contribution in [3.05, 3.63) is 82.9 Å². The fourth-order valence-electron chi connectivity index (χ4n) is 3.77. The monoisotopic (exact) mass is 506 g/mol. The van der Waals surface area contributed by atoms with Crippen LogP contribution in [0, 0.1) is 0 Å². The van der Waals surface area contributed by atoms with E-state index in [1.165, 1.54) is 23.5 Å². The van der Waals surface area contributed by atoms with E-state index in [4.69, 9.17) is 16.3 Å². The molecule has 10 heteroatoms. The molecule has 0 spiro atoms. The number of ether oxygens (including phenoxy) is 1. The lowest BCUT2D eigenvalue weighted by Crippen LogP contribution is -2.35. The summed E-state index contributed by atoms with van der Waals surface area (Å²) in [6, 6.07) is 17.8. The van der Waals surface area contributed by atoms with Gasteiger partial charge in [0.2, 0.25) is 10.0 Å². The molecular weight excluding hydrogens is 484 g/mol. The highest BCUT2D eigenvalue weighted by molar-refractivity contribution is 7.93. The number of nitrogens with zero attached hydrogens (tertiary/aromatic N) is 1. The number of halogens is 1. The maximum absolute atomic E-state index is 13.3. The molecule has 0 unspecified atom stereocenters. The molecule has 0 saturated carbocycles. The first-order chi connectivity index (χ1) is 15.7. The van der Waals surface area contributed by atoms with Gasteiger partial charge in [-0.3, -0.25) is 9.03 Å². The topological polar surface area (TPSA) is 92.8 Å². The molecule has 0 fully saturated rings. The van der Waals surface area contributed by atoms with E-state index in [1.807, 2.05) is 0 Å². The average molecular weight is 507 g/mol. The summed E-state index contributed by atoms with van der Waals surface area (Å²) in [5, 5.41) is 0.535. The molecule has 0 bridgehead atoms. The van der Waals surface area contributed by atoms with Crippen LogP contribution in [0.25, 0.3) is 0 Å². The predicted octanol–water partition coefficient (Wildman–Crippen LogP) is 4.43. The van der Waals surface area contributed by atoms with Gasteiger partial charge in [-0.15, -0.1) is 0 Å². The Labute approximate surface area is 199 Å². The Morgan fingerprint density at radius 3 is 2.33 bits per heavy atom. The van der Waals surface area contributed by atoms with Crippen molar-refractivity contribution in [1.29, 1.82) is 0 Å². The molecule has 3 aromatic carbocycles.